The first-order chi connectivity index (χ1) is 8.16. The number of likely N-dealkylation sites (tertiary alicyclic amines) is 1. The van der Waals surface area contributed by atoms with Gasteiger partial charge in [0.1, 0.15) is 0 Å². The summed E-state index contributed by atoms with van der Waals surface area (Å²) in [5.41, 5.74) is 2.74. The van der Waals surface area contributed by atoms with Gasteiger partial charge >= 0.3 is 0 Å². The van der Waals surface area contributed by atoms with E-state index in [1.807, 2.05) is 0 Å². The molecule has 0 aliphatic carbocycles. The summed E-state index contributed by atoms with van der Waals surface area (Å²) >= 11 is 0. The Morgan fingerprint density at radius 1 is 1.47 bits per heavy atom. The summed E-state index contributed by atoms with van der Waals surface area (Å²) in [7, 11) is 2.23. The zero-order valence-corrected chi connectivity index (χ0v) is 11.2. The van der Waals surface area contributed by atoms with Crippen LogP contribution < -0.4 is 5.32 Å². The molecule has 2 heteroatoms. The molecule has 0 aromatic heterocycles. The predicted octanol–water partition coefficient (Wildman–Crippen LogP) is 2.74. The van der Waals surface area contributed by atoms with Gasteiger partial charge in [0.25, 0.3) is 0 Å². The third kappa shape index (κ3) is 3.30. The van der Waals surface area contributed by atoms with Gasteiger partial charge in [0, 0.05) is 18.6 Å². The summed E-state index contributed by atoms with van der Waals surface area (Å²) in [6.45, 7) is 6.77. The molecular formula is C15H24N2. The largest absolute Gasteiger partial charge is 0.309 e. The fourth-order valence-corrected chi connectivity index (χ4v) is 2.61. The Kier molecular flexibility index (Phi) is 4.19. The molecule has 1 N–H and O–H groups in total. The first-order valence-corrected chi connectivity index (χ1v) is 6.67. The van der Waals surface area contributed by atoms with Crippen LogP contribution in [-0.2, 0) is 0 Å². The van der Waals surface area contributed by atoms with Crippen molar-refractivity contribution in [3.8, 4) is 0 Å². The number of nitrogens with zero attached hydrogens (tertiary/aromatic N) is 1. The van der Waals surface area contributed by atoms with E-state index in [9.17, 15) is 0 Å². The molecule has 2 nitrogen and oxygen atoms in total. The molecule has 1 aliphatic heterocycles. The van der Waals surface area contributed by atoms with Crippen LogP contribution in [0.25, 0.3) is 0 Å². The summed E-state index contributed by atoms with van der Waals surface area (Å²) in [6.07, 6.45) is 2.69. The molecule has 0 spiro atoms. The lowest BCUT2D eigenvalue weighted by molar-refractivity contribution is 0.293. The van der Waals surface area contributed by atoms with Gasteiger partial charge in [-0.2, -0.15) is 0 Å². The van der Waals surface area contributed by atoms with Crippen LogP contribution in [0.2, 0.25) is 0 Å². The average molecular weight is 232 g/mol. The molecule has 0 bridgehead atoms. The van der Waals surface area contributed by atoms with Gasteiger partial charge in [0.05, 0.1) is 0 Å². The predicted molar refractivity (Wildman–Crippen MR) is 73.2 cm³/mol. The van der Waals surface area contributed by atoms with Gasteiger partial charge in [0.2, 0.25) is 0 Å². The summed E-state index contributed by atoms with van der Waals surface area (Å²) in [5, 5.41) is 3.66. The fraction of sp³-hybridized carbons (Fsp3) is 0.600. The lowest BCUT2D eigenvalue weighted by Crippen LogP contribution is -2.36. The van der Waals surface area contributed by atoms with E-state index < -0.39 is 0 Å². The van der Waals surface area contributed by atoms with E-state index in [0.717, 1.165) is 12.6 Å². The molecule has 0 radical (unpaired) electrons. The maximum absolute atomic E-state index is 3.66. The van der Waals surface area contributed by atoms with Gasteiger partial charge in [-0.05, 0) is 45.8 Å². The smallest absolute Gasteiger partial charge is 0.0292 e. The van der Waals surface area contributed by atoms with Gasteiger partial charge in [-0.25, -0.2) is 0 Å². The summed E-state index contributed by atoms with van der Waals surface area (Å²) < 4.78 is 0. The van der Waals surface area contributed by atoms with Gasteiger partial charge < -0.3 is 10.2 Å². The second-order valence-corrected chi connectivity index (χ2v) is 5.32. The maximum Gasteiger partial charge on any atom is 0.0292 e. The number of benzene rings is 1. The Bertz CT molecular complexity index is 362. The molecular weight excluding hydrogens is 208 g/mol. The van der Waals surface area contributed by atoms with Crippen LogP contribution >= 0.6 is 0 Å². The maximum atomic E-state index is 3.66. The molecule has 2 atom stereocenters. The van der Waals surface area contributed by atoms with E-state index in [1.165, 1.54) is 30.5 Å². The molecule has 0 amide bonds. The van der Waals surface area contributed by atoms with Crippen molar-refractivity contribution in [2.45, 2.75) is 38.8 Å². The molecule has 1 saturated heterocycles. The topological polar surface area (TPSA) is 15.3 Å². The molecule has 17 heavy (non-hydrogen) atoms. The van der Waals surface area contributed by atoms with Crippen LogP contribution in [0.5, 0.6) is 0 Å². The van der Waals surface area contributed by atoms with Crippen LogP contribution in [-0.4, -0.2) is 31.1 Å². The average Bonchev–Trinajstić information content (AvgIpc) is 2.72. The minimum absolute atomic E-state index is 0.448. The summed E-state index contributed by atoms with van der Waals surface area (Å²) in [6, 6.07) is 9.95. The lowest BCUT2D eigenvalue weighted by Gasteiger charge is -2.23. The van der Waals surface area contributed by atoms with Gasteiger partial charge in [-0.1, -0.05) is 29.8 Å². The van der Waals surface area contributed by atoms with Crippen molar-refractivity contribution in [1.29, 1.82) is 0 Å². The number of aryl methyl sites for hydroxylation is 1. The molecule has 1 aromatic carbocycles. The Morgan fingerprint density at radius 3 is 2.94 bits per heavy atom. The third-order valence-corrected chi connectivity index (χ3v) is 3.87. The van der Waals surface area contributed by atoms with E-state index in [1.54, 1.807) is 0 Å². The van der Waals surface area contributed by atoms with Crippen molar-refractivity contribution in [3.63, 3.8) is 0 Å². The van der Waals surface area contributed by atoms with Crippen LogP contribution in [0.15, 0.2) is 24.3 Å². The molecule has 2 unspecified atom stereocenters. The number of rotatable bonds is 4. The van der Waals surface area contributed by atoms with Crippen molar-refractivity contribution in [3.05, 3.63) is 35.4 Å². The first-order valence-electron chi connectivity index (χ1n) is 6.67. The van der Waals surface area contributed by atoms with Crippen LogP contribution in [0.1, 0.15) is 36.9 Å². The van der Waals surface area contributed by atoms with Crippen LogP contribution in [0, 0.1) is 6.92 Å². The highest BCUT2D eigenvalue weighted by atomic mass is 15.2. The number of hydrogen-bond acceptors (Lipinski definition) is 2. The highest BCUT2D eigenvalue weighted by Gasteiger charge is 2.20. The van der Waals surface area contributed by atoms with Crippen LogP contribution in [0.3, 0.4) is 0 Å². The van der Waals surface area contributed by atoms with E-state index in [4.69, 9.17) is 0 Å². The van der Waals surface area contributed by atoms with Crippen molar-refractivity contribution < 1.29 is 0 Å². The standard InChI is InChI=1S/C15H24N2/c1-12-6-4-7-14(10-12)13(2)16-11-15-8-5-9-17(15)3/h4,6-7,10,13,15-16H,5,8-9,11H2,1-3H3. The molecule has 0 saturated carbocycles. The van der Waals surface area contributed by atoms with Gasteiger partial charge in [0.15, 0.2) is 0 Å². The Labute approximate surface area is 105 Å². The minimum atomic E-state index is 0.448. The second kappa shape index (κ2) is 5.65. The number of likely N-dealkylation sites (N-methyl/N-ethyl adjacent to an activating group) is 1. The molecule has 2 rings (SSSR count). The summed E-state index contributed by atoms with van der Waals surface area (Å²) in [5.74, 6) is 0. The Hall–Kier alpha value is -0.860. The molecule has 1 aromatic rings. The van der Waals surface area contributed by atoms with Gasteiger partial charge in [-0.15, -0.1) is 0 Å². The second-order valence-electron chi connectivity index (χ2n) is 5.32. The summed E-state index contributed by atoms with van der Waals surface area (Å²) in [4.78, 5) is 2.47. The van der Waals surface area contributed by atoms with Crippen molar-refractivity contribution >= 4 is 0 Å². The number of nitrogens with one attached hydrogen (secondary N) is 1. The van der Waals surface area contributed by atoms with E-state index in [0.29, 0.717) is 6.04 Å². The Morgan fingerprint density at radius 2 is 2.29 bits per heavy atom. The van der Waals surface area contributed by atoms with E-state index in [2.05, 4.69) is 55.4 Å². The van der Waals surface area contributed by atoms with E-state index in [-0.39, 0.29) is 0 Å². The number of hydrogen-bond donors (Lipinski definition) is 1. The molecule has 1 aliphatic rings. The zero-order chi connectivity index (χ0) is 12.3. The molecule has 1 fully saturated rings. The normalized spacial score (nSPS) is 22.9. The van der Waals surface area contributed by atoms with Crippen molar-refractivity contribution in [2.24, 2.45) is 0 Å². The highest BCUT2D eigenvalue weighted by Crippen LogP contribution is 2.17. The monoisotopic (exact) mass is 232 g/mol. The molecule has 94 valence electrons. The SMILES string of the molecule is Cc1cccc(C(C)NCC2CCCN2C)c1. The highest BCUT2D eigenvalue weighted by molar-refractivity contribution is 5.24. The lowest BCUT2D eigenvalue weighted by atomic mass is 10.1. The third-order valence-electron chi connectivity index (χ3n) is 3.87. The van der Waals surface area contributed by atoms with Crippen molar-refractivity contribution in [2.75, 3.05) is 20.1 Å². The quantitative estimate of drug-likeness (QED) is 0.858. The van der Waals surface area contributed by atoms with E-state index >= 15 is 0 Å². The minimum Gasteiger partial charge on any atom is -0.309 e. The van der Waals surface area contributed by atoms with Crippen LogP contribution in [0.4, 0.5) is 0 Å². The zero-order valence-electron chi connectivity index (χ0n) is 11.2. The van der Waals surface area contributed by atoms with Gasteiger partial charge in [-0.3, -0.25) is 0 Å². The molecule has 1 heterocycles. The van der Waals surface area contributed by atoms with Crippen molar-refractivity contribution in [1.82, 2.24) is 10.2 Å². The Balaban J connectivity index is 1.86. The first kappa shape index (κ1) is 12.6. The fourth-order valence-electron chi connectivity index (χ4n) is 2.61.